The van der Waals surface area contributed by atoms with Crippen molar-refractivity contribution in [1.82, 2.24) is 25.3 Å². The highest BCUT2D eigenvalue weighted by Crippen LogP contribution is 2.21. The van der Waals surface area contributed by atoms with Crippen molar-refractivity contribution >= 4 is 34.1 Å². The summed E-state index contributed by atoms with van der Waals surface area (Å²) in [7, 11) is 0. The van der Waals surface area contributed by atoms with Crippen LogP contribution in [0.25, 0.3) is 0 Å². The Morgan fingerprint density at radius 3 is 2.58 bits per heavy atom. The predicted octanol–water partition coefficient (Wildman–Crippen LogP) is 4.54. The maximum Gasteiger partial charge on any atom is 0.229 e. The van der Waals surface area contributed by atoms with E-state index in [0.717, 1.165) is 59.8 Å². The van der Waals surface area contributed by atoms with Crippen LogP contribution in [0.5, 0.6) is 0 Å². The molecule has 36 heavy (non-hydrogen) atoms. The van der Waals surface area contributed by atoms with Gasteiger partial charge in [0, 0.05) is 31.5 Å². The fourth-order valence-electron chi connectivity index (χ4n) is 4.00. The minimum atomic E-state index is -0.124. The molecule has 2 amide bonds. The van der Waals surface area contributed by atoms with E-state index in [1.54, 1.807) is 6.07 Å². The lowest BCUT2D eigenvalue weighted by atomic mass is 10.1. The first-order valence-corrected chi connectivity index (χ1v) is 13.0. The van der Waals surface area contributed by atoms with Crippen LogP contribution in [0.3, 0.4) is 0 Å². The Labute approximate surface area is 216 Å². The molecule has 1 aliphatic rings. The van der Waals surface area contributed by atoms with E-state index in [0.29, 0.717) is 36.3 Å². The van der Waals surface area contributed by atoms with Gasteiger partial charge in [-0.3, -0.25) is 9.59 Å². The lowest BCUT2D eigenvalue weighted by molar-refractivity contribution is -0.127. The molecule has 0 radical (unpaired) electrons. The lowest BCUT2D eigenvalue weighted by Gasteiger charge is -2.17. The van der Waals surface area contributed by atoms with E-state index in [2.05, 4.69) is 51.1 Å². The molecule has 0 saturated carbocycles. The average Bonchev–Trinajstić information content (AvgIpc) is 3.36. The second-order valence-electron chi connectivity index (χ2n) is 9.49. The Morgan fingerprint density at radius 2 is 1.92 bits per heavy atom. The molecule has 3 heterocycles. The summed E-state index contributed by atoms with van der Waals surface area (Å²) in [4.78, 5) is 25.9. The molecule has 0 bridgehead atoms. The second-order valence-corrected chi connectivity index (χ2v) is 10.6. The van der Waals surface area contributed by atoms with Gasteiger partial charge in [0.15, 0.2) is 5.82 Å². The molecule has 2 aromatic heterocycles. The van der Waals surface area contributed by atoms with Crippen molar-refractivity contribution in [2.45, 2.75) is 59.3 Å². The van der Waals surface area contributed by atoms with Gasteiger partial charge in [-0.2, -0.15) is 5.10 Å². The van der Waals surface area contributed by atoms with Crippen molar-refractivity contribution in [3.63, 3.8) is 0 Å². The summed E-state index contributed by atoms with van der Waals surface area (Å²) in [5.41, 5.74) is 3.49. The van der Waals surface area contributed by atoms with Gasteiger partial charge in [0.2, 0.25) is 16.9 Å². The van der Waals surface area contributed by atoms with Crippen LogP contribution in [-0.2, 0) is 22.4 Å². The predicted molar refractivity (Wildman–Crippen MR) is 144 cm³/mol. The molecule has 10 heteroatoms. The summed E-state index contributed by atoms with van der Waals surface area (Å²) in [5, 5.41) is 24.4. The van der Waals surface area contributed by atoms with E-state index in [1.807, 2.05) is 30.9 Å². The van der Waals surface area contributed by atoms with Gasteiger partial charge in [-0.1, -0.05) is 48.6 Å². The van der Waals surface area contributed by atoms with Gasteiger partial charge in [0.25, 0.3) is 0 Å². The number of unbranched alkanes of at least 4 members (excludes halogenated alkanes) is 1. The second kappa shape index (κ2) is 13.1. The van der Waals surface area contributed by atoms with E-state index in [-0.39, 0.29) is 11.8 Å². The zero-order valence-corrected chi connectivity index (χ0v) is 22.2. The topological polar surface area (TPSA) is 113 Å². The van der Waals surface area contributed by atoms with Gasteiger partial charge in [-0.25, -0.2) is 0 Å². The number of likely N-dealkylation sites (tertiary alicyclic amines) is 1. The molecule has 2 aromatic rings. The Kier molecular flexibility index (Phi) is 9.86. The minimum Gasteiger partial charge on any atom is -0.337 e. The lowest BCUT2D eigenvalue weighted by Crippen LogP contribution is -2.28. The summed E-state index contributed by atoms with van der Waals surface area (Å²) >= 11 is 1.51. The third-order valence-electron chi connectivity index (χ3n) is 5.53. The first-order chi connectivity index (χ1) is 17.2. The summed E-state index contributed by atoms with van der Waals surface area (Å²) in [5.74, 6) is 0.896. The van der Waals surface area contributed by atoms with Crippen molar-refractivity contribution < 1.29 is 9.59 Å². The number of nitrogens with zero attached hydrogens (tertiary/aromatic N) is 5. The van der Waals surface area contributed by atoms with Crippen LogP contribution in [-0.4, -0.2) is 50.2 Å². The van der Waals surface area contributed by atoms with E-state index in [9.17, 15) is 9.59 Å². The Bertz CT molecular complexity index is 1120. The first-order valence-electron chi connectivity index (χ1n) is 12.2. The number of anilines is 2. The standard InChI is InChI=1S/C26H35N7O2S/c1-17(2)12-18(3)13-23(34)28-22-11-10-21(29-30-22)8-6-7-9-24-31-32-26(36-24)27-20(5)16-33-15-19(4)14-25(33)35/h10-12,19H,1,5-9,13-16H2,2-4H3,(H,27,32)(H,28,30,34)/b18-12+/t19-/m0/s1. The van der Waals surface area contributed by atoms with E-state index in [4.69, 9.17) is 0 Å². The zero-order chi connectivity index (χ0) is 26.1. The molecule has 192 valence electrons. The SMILES string of the molecule is C=C(C)/C=C(\C)CC(=O)Nc1ccc(CCCCc2nnc(NC(=C)CN3C[C@@H](C)CC3=O)s2)nn1. The highest BCUT2D eigenvalue weighted by molar-refractivity contribution is 7.15. The molecular weight excluding hydrogens is 474 g/mol. The summed E-state index contributed by atoms with van der Waals surface area (Å²) in [6.45, 7) is 15.0. The molecular formula is C26H35N7O2S. The number of rotatable bonds is 13. The highest BCUT2D eigenvalue weighted by Gasteiger charge is 2.26. The van der Waals surface area contributed by atoms with Gasteiger partial charge in [0.1, 0.15) is 5.01 Å². The molecule has 1 aliphatic heterocycles. The third kappa shape index (κ3) is 8.99. The number of hydrogen-bond acceptors (Lipinski definition) is 8. The van der Waals surface area contributed by atoms with Crippen molar-refractivity contribution in [2.75, 3.05) is 23.7 Å². The smallest absolute Gasteiger partial charge is 0.229 e. The van der Waals surface area contributed by atoms with Gasteiger partial charge in [0.05, 0.1) is 12.2 Å². The number of hydrogen-bond donors (Lipinski definition) is 2. The molecule has 0 aliphatic carbocycles. The maximum atomic E-state index is 12.1. The van der Waals surface area contributed by atoms with Crippen LogP contribution < -0.4 is 10.6 Å². The molecule has 1 atom stereocenters. The van der Waals surface area contributed by atoms with E-state index >= 15 is 0 Å². The Hall–Kier alpha value is -3.40. The quantitative estimate of drug-likeness (QED) is 0.301. The van der Waals surface area contributed by atoms with Gasteiger partial charge in [-0.15, -0.1) is 15.3 Å². The number of aromatic nitrogens is 4. The Morgan fingerprint density at radius 1 is 1.14 bits per heavy atom. The average molecular weight is 510 g/mol. The van der Waals surface area contributed by atoms with Crippen LogP contribution in [0.1, 0.15) is 57.2 Å². The van der Waals surface area contributed by atoms with E-state index < -0.39 is 0 Å². The first kappa shape index (κ1) is 27.2. The highest BCUT2D eigenvalue weighted by atomic mass is 32.1. The summed E-state index contributed by atoms with van der Waals surface area (Å²) < 4.78 is 0. The number of nitrogens with one attached hydrogen (secondary N) is 2. The molecule has 1 fully saturated rings. The van der Waals surface area contributed by atoms with Crippen molar-refractivity contribution in [3.8, 4) is 0 Å². The van der Waals surface area contributed by atoms with Crippen LogP contribution in [0.2, 0.25) is 0 Å². The number of aryl methyl sites for hydroxylation is 2. The maximum absolute atomic E-state index is 12.1. The fraction of sp³-hybridized carbons (Fsp3) is 0.462. The monoisotopic (exact) mass is 509 g/mol. The number of carbonyl (C=O) groups excluding carboxylic acids is 2. The molecule has 0 spiro atoms. The molecule has 3 rings (SSSR count). The molecule has 2 N–H and O–H groups in total. The van der Waals surface area contributed by atoms with Crippen molar-refractivity contribution in [1.29, 1.82) is 0 Å². The summed E-state index contributed by atoms with van der Waals surface area (Å²) in [6, 6.07) is 3.67. The molecule has 0 aromatic carbocycles. The number of amides is 2. The molecule has 9 nitrogen and oxygen atoms in total. The van der Waals surface area contributed by atoms with Gasteiger partial charge in [-0.05, 0) is 51.2 Å². The zero-order valence-electron chi connectivity index (χ0n) is 21.3. The fourth-order valence-corrected chi connectivity index (χ4v) is 4.83. The van der Waals surface area contributed by atoms with Crippen LogP contribution in [0.15, 0.2) is 48.2 Å². The third-order valence-corrected chi connectivity index (χ3v) is 6.43. The van der Waals surface area contributed by atoms with Crippen molar-refractivity contribution in [3.05, 3.63) is 58.9 Å². The van der Waals surface area contributed by atoms with Crippen LogP contribution in [0.4, 0.5) is 10.9 Å². The largest absolute Gasteiger partial charge is 0.337 e. The number of carbonyl (C=O) groups is 2. The normalized spacial score (nSPS) is 15.8. The van der Waals surface area contributed by atoms with Crippen LogP contribution in [0, 0.1) is 5.92 Å². The molecule has 1 saturated heterocycles. The Balaban J connectivity index is 1.35. The number of allylic oxidation sites excluding steroid dienone is 2. The van der Waals surface area contributed by atoms with Crippen molar-refractivity contribution in [2.24, 2.45) is 5.92 Å². The van der Waals surface area contributed by atoms with E-state index in [1.165, 1.54) is 11.3 Å². The van der Waals surface area contributed by atoms with Crippen LogP contribution >= 0.6 is 11.3 Å². The van der Waals surface area contributed by atoms with Gasteiger partial charge >= 0.3 is 0 Å². The molecule has 0 unspecified atom stereocenters. The minimum absolute atomic E-state index is 0.124. The summed E-state index contributed by atoms with van der Waals surface area (Å²) in [6.07, 6.45) is 6.31. The van der Waals surface area contributed by atoms with Gasteiger partial charge < -0.3 is 15.5 Å².